The summed E-state index contributed by atoms with van der Waals surface area (Å²) < 4.78 is 23.1. The Kier molecular flexibility index (Phi) is 5.05. The van der Waals surface area contributed by atoms with E-state index >= 15 is 0 Å². The van der Waals surface area contributed by atoms with Crippen molar-refractivity contribution in [3.8, 4) is 0 Å². The molecular formula is C15H24N2O2S. The molecule has 1 N–H and O–H groups in total. The van der Waals surface area contributed by atoms with Crippen LogP contribution in [0.15, 0.2) is 29.2 Å². The van der Waals surface area contributed by atoms with Crippen LogP contribution in [0.1, 0.15) is 26.2 Å². The smallest absolute Gasteiger partial charge is 0.175 e. The van der Waals surface area contributed by atoms with E-state index in [1.807, 2.05) is 6.07 Å². The van der Waals surface area contributed by atoms with E-state index in [2.05, 4.69) is 17.1 Å². The Bertz CT molecular complexity index is 535. The number of sulfone groups is 1. The van der Waals surface area contributed by atoms with Gasteiger partial charge >= 0.3 is 0 Å². The van der Waals surface area contributed by atoms with Crippen molar-refractivity contribution in [1.82, 2.24) is 4.90 Å². The summed E-state index contributed by atoms with van der Waals surface area (Å²) in [5.41, 5.74) is 0.905. The zero-order valence-electron chi connectivity index (χ0n) is 12.3. The van der Waals surface area contributed by atoms with Gasteiger partial charge < -0.3 is 10.2 Å². The van der Waals surface area contributed by atoms with Gasteiger partial charge in [-0.3, -0.25) is 0 Å². The van der Waals surface area contributed by atoms with E-state index in [1.54, 1.807) is 18.2 Å². The molecule has 1 fully saturated rings. The third-order valence-corrected chi connectivity index (χ3v) is 4.87. The number of piperidine rings is 1. The van der Waals surface area contributed by atoms with Gasteiger partial charge in [-0.05, 0) is 44.0 Å². The molecule has 0 aliphatic carbocycles. The van der Waals surface area contributed by atoms with E-state index in [0.29, 0.717) is 10.9 Å². The summed E-state index contributed by atoms with van der Waals surface area (Å²) in [6.45, 7) is 5.63. The minimum Gasteiger partial charge on any atom is -0.382 e. The predicted octanol–water partition coefficient (Wildman–Crippen LogP) is 2.38. The number of likely N-dealkylation sites (tertiary alicyclic amines) is 1. The third-order valence-electron chi connectivity index (χ3n) is 3.76. The van der Waals surface area contributed by atoms with Crippen LogP contribution in [0.4, 0.5) is 5.69 Å². The van der Waals surface area contributed by atoms with Crippen molar-refractivity contribution in [1.29, 1.82) is 0 Å². The predicted molar refractivity (Wildman–Crippen MR) is 82.9 cm³/mol. The summed E-state index contributed by atoms with van der Waals surface area (Å²) in [6, 6.07) is 7.55. The Morgan fingerprint density at radius 2 is 2.00 bits per heavy atom. The molecule has 1 aromatic carbocycles. The molecule has 0 amide bonds. The van der Waals surface area contributed by atoms with Gasteiger partial charge in [0.2, 0.25) is 0 Å². The highest BCUT2D eigenvalue weighted by atomic mass is 32.2. The quantitative estimate of drug-likeness (QED) is 0.906. The number of nitrogens with one attached hydrogen (secondary N) is 1. The van der Waals surface area contributed by atoms with Crippen molar-refractivity contribution >= 4 is 15.5 Å². The van der Waals surface area contributed by atoms with Crippen LogP contribution in [-0.4, -0.2) is 45.2 Å². The average Bonchev–Trinajstić information content (AvgIpc) is 2.41. The Morgan fingerprint density at radius 1 is 1.30 bits per heavy atom. The maximum absolute atomic E-state index is 11.6. The molecule has 0 aromatic heterocycles. The van der Waals surface area contributed by atoms with E-state index in [-0.39, 0.29) is 0 Å². The maximum Gasteiger partial charge on any atom is 0.175 e. The first-order valence-corrected chi connectivity index (χ1v) is 9.17. The second kappa shape index (κ2) is 6.59. The monoisotopic (exact) mass is 296 g/mol. The minimum atomic E-state index is -3.13. The summed E-state index contributed by atoms with van der Waals surface area (Å²) in [6.07, 6.45) is 4.68. The van der Waals surface area contributed by atoms with Crippen LogP contribution >= 0.6 is 0 Å². The molecule has 0 saturated carbocycles. The molecule has 2 rings (SSSR count). The van der Waals surface area contributed by atoms with Crippen molar-refractivity contribution in [3.63, 3.8) is 0 Å². The standard InChI is InChI=1S/C15H24N2O2S/c1-3-9-17-10-7-13(8-11-17)16-14-5-4-6-15(12-14)20(2,18)19/h4-6,12-13,16H,3,7-11H2,1-2H3. The molecule has 112 valence electrons. The zero-order chi connectivity index (χ0) is 14.6. The molecule has 1 aliphatic rings. The van der Waals surface area contributed by atoms with Gasteiger partial charge in [0, 0.05) is 31.1 Å². The summed E-state index contributed by atoms with van der Waals surface area (Å²) in [5, 5.41) is 3.46. The highest BCUT2D eigenvalue weighted by Gasteiger charge is 2.18. The highest BCUT2D eigenvalue weighted by molar-refractivity contribution is 7.90. The zero-order valence-corrected chi connectivity index (χ0v) is 13.1. The summed E-state index contributed by atoms with van der Waals surface area (Å²) in [7, 11) is -3.13. The van der Waals surface area contributed by atoms with Crippen LogP contribution in [0.5, 0.6) is 0 Å². The SMILES string of the molecule is CCCN1CCC(Nc2cccc(S(C)(=O)=O)c2)CC1. The van der Waals surface area contributed by atoms with Crippen LogP contribution < -0.4 is 5.32 Å². The summed E-state index contributed by atoms with van der Waals surface area (Å²) in [5.74, 6) is 0. The van der Waals surface area contributed by atoms with Crippen LogP contribution in [0.25, 0.3) is 0 Å². The molecule has 0 radical (unpaired) electrons. The number of rotatable bonds is 5. The van der Waals surface area contributed by atoms with Gasteiger partial charge in [0.1, 0.15) is 0 Å². The molecule has 5 heteroatoms. The van der Waals surface area contributed by atoms with Gasteiger partial charge in [-0.2, -0.15) is 0 Å². The van der Waals surface area contributed by atoms with E-state index in [9.17, 15) is 8.42 Å². The van der Waals surface area contributed by atoms with E-state index in [0.717, 1.165) is 31.6 Å². The van der Waals surface area contributed by atoms with Gasteiger partial charge in [-0.25, -0.2) is 8.42 Å². The lowest BCUT2D eigenvalue weighted by molar-refractivity contribution is 0.219. The topological polar surface area (TPSA) is 49.4 Å². The molecule has 0 spiro atoms. The fourth-order valence-electron chi connectivity index (χ4n) is 2.67. The molecule has 0 atom stereocenters. The molecule has 1 saturated heterocycles. The Labute approximate surface area is 122 Å². The number of anilines is 1. The lowest BCUT2D eigenvalue weighted by atomic mass is 10.0. The summed E-state index contributed by atoms with van der Waals surface area (Å²) in [4.78, 5) is 2.87. The Hall–Kier alpha value is -1.07. The third kappa shape index (κ3) is 4.21. The van der Waals surface area contributed by atoms with Crippen LogP contribution in [-0.2, 0) is 9.84 Å². The highest BCUT2D eigenvalue weighted by Crippen LogP contribution is 2.19. The van der Waals surface area contributed by atoms with Crippen molar-refractivity contribution < 1.29 is 8.42 Å². The van der Waals surface area contributed by atoms with Crippen LogP contribution in [0.2, 0.25) is 0 Å². The van der Waals surface area contributed by atoms with Crippen molar-refractivity contribution in [3.05, 3.63) is 24.3 Å². The van der Waals surface area contributed by atoms with Crippen molar-refractivity contribution in [2.45, 2.75) is 37.1 Å². The largest absolute Gasteiger partial charge is 0.382 e. The minimum absolute atomic E-state index is 0.380. The maximum atomic E-state index is 11.6. The number of hydrogen-bond donors (Lipinski definition) is 1. The molecule has 1 aliphatic heterocycles. The fourth-order valence-corrected chi connectivity index (χ4v) is 3.34. The summed E-state index contributed by atoms with van der Waals surface area (Å²) >= 11 is 0. The van der Waals surface area contributed by atoms with Gasteiger partial charge in [-0.15, -0.1) is 0 Å². The van der Waals surface area contributed by atoms with Gasteiger partial charge in [0.15, 0.2) is 9.84 Å². The number of nitrogens with zero attached hydrogens (tertiary/aromatic N) is 1. The van der Waals surface area contributed by atoms with Crippen molar-refractivity contribution in [2.24, 2.45) is 0 Å². The first-order chi connectivity index (χ1) is 9.49. The second-order valence-corrected chi connectivity index (χ2v) is 7.58. The van der Waals surface area contributed by atoms with Crippen LogP contribution in [0, 0.1) is 0 Å². The Morgan fingerprint density at radius 3 is 2.60 bits per heavy atom. The molecule has 20 heavy (non-hydrogen) atoms. The lowest BCUT2D eigenvalue weighted by Crippen LogP contribution is -2.39. The normalized spacial score (nSPS) is 18.1. The van der Waals surface area contributed by atoms with E-state index < -0.39 is 9.84 Å². The Balaban J connectivity index is 1.95. The van der Waals surface area contributed by atoms with Gasteiger partial charge in [0.25, 0.3) is 0 Å². The van der Waals surface area contributed by atoms with Crippen LogP contribution in [0.3, 0.4) is 0 Å². The molecule has 4 nitrogen and oxygen atoms in total. The first kappa shape index (κ1) is 15.3. The average molecular weight is 296 g/mol. The molecule has 1 heterocycles. The van der Waals surface area contributed by atoms with E-state index in [1.165, 1.54) is 19.2 Å². The molecule has 0 bridgehead atoms. The number of benzene rings is 1. The van der Waals surface area contributed by atoms with Gasteiger partial charge in [-0.1, -0.05) is 13.0 Å². The van der Waals surface area contributed by atoms with Gasteiger partial charge in [0.05, 0.1) is 4.90 Å². The molecule has 0 unspecified atom stereocenters. The van der Waals surface area contributed by atoms with Crippen molar-refractivity contribution in [2.75, 3.05) is 31.2 Å². The number of hydrogen-bond acceptors (Lipinski definition) is 4. The first-order valence-electron chi connectivity index (χ1n) is 7.28. The molecule has 1 aromatic rings. The fraction of sp³-hybridized carbons (Fsp3) is 0.600. The second-order valence-electron chi connectivity index (χ2n) is 5.56. The lowest BCUT2D eigenvalue weighted by Gasteiger charge is -2.32. The molecular weight excluding hydrogens is 272 g/mol. The van der Waals surface area contributed by atoms with E-state index in [4.69, 9.17) is 0 Å².